The largest absolute Gasteiger partial charge is 0.416 e. The number of benzene rings is 2. The summed E-state index contributed by atoms with van der Waals surface area (Å²) in [5.41, 5.74) is 3.72. The van der Waals surface area contributed by atoms with E-state index in [2.05, 4.69) is 34.1 Å². The normalized spacial score (nSPS) is 14.3. The number of allylic oxidation sites excluding steroid dienone is 2. The zero-order valence-electron chi connectivity index (χ0n) is 11.5. The van der Waals surface area contributed by atoms with Gasteiger partial charge in [-0.15, -0.1) is 0 Å². The Morgan fingerprint density at radius 2 is 1.68 bits per heavy atom. The molecule has 0 amide bonds. The summed E-state index contributed by atoms with van der Waals surface area (Å²) in [5.74, 6) is 0. The molecule has 0 spiro atoms. The maximum Gasteiger partial charge on any atom is 0.416 e. The molecule has 22 heavy (non-hydrogen) atoms. The SMILES string of the molecule is FC(F)(F)c1ccc(/C=C/C2=Cc3ccc(Br)cc3C2)cc1. The van der Waals surface area contributed by atoms with Crippen molar-refractivity contribution in [2.24, 2.45) is 0 Å². The van der Waals surface area contributed by atoms with Crippen LogP contribution in [0.15, 0.2) is 58.6 Å². The van der Waals surface area contributed by atoms with Gasteiger partial charge in [0, 0.05) is 4.47 Å². The van der Waals surface area contributed by atoms with E-state index in [1.54, 1.807) is 0 Å². The molecule has 1 aliphatic rings. The van der Waals surface area contributed by atoms with E-state index in [1.165, 1.54) is 23.3 Å². The van der Waals surface area contributed by atoms with Crippen LogP contribution in [0.3, 0.4) is 0 Å². The Morgan fingerprint density at radius 1 is 0.955 bits per heavy atom. The Balaban J connectivity index is 1.73. The van der Waals surface area contributed by atoms with Crippen LogP contribution in [0.4, 0.5) is 13.2 Å². The average molecular weight is 365 g/mol. The minimum absolute atomic E-state index is 0.623. The molecule has 0 unspecified atom stereocenters. The van der Waals surface area contributed by atoms with Gasteiger partial charge < -0.3 is 0 Å². The van der Waals surface area contributed by atoms with Gasteiger partial charge in [-0.3, -0.25) is 0 Å². The summed E-state index contributed by atoms with van der Waals surface area (Å²) >= 11 is 3.45. The minimum Gasteiger partial charge on any atom is -0.166 e. The second kappa shape index (κ2) is 5.76. The highest BCUT2D eigenvalue weighted by atomic mass is 79.9. The third-order valence-electron chi connectivity index (χ3n) is 3.57. The van der Waals surface area contributed by atoms with Crippen molar-refractivity contribution in [3.63, 3.8) is 0 Å². The Morgan fingerprint density at radius 3 is 2.36 bits per heavy atom. The minimum atomic E-state index is -4.29. The summed E-state index contributed by atoms with van der Waals surface area (Å²) in [5, 5.41) is 0. The summed E-state index contributed by atoms with van der Waals surface area (Å²) in [6.07, 6.45) is 2.45. The molecule has 0 heterocycles. The molecule has 1 aliphatic carbocycles. The summed E-state index contributed by atoms with van der Waals surface area (Å²) in [6.45, 7) is 0. The number of fused-ring (bicyclic) bond motifs is 1. The first-order valence-corrected chi connectivity index (χ1v) is 7.55. The lowest BCUT2D eigenvalue weighted by atomic mass is 10.1. The highest BCUT2D eigenvalue weighted by molar-refractivity contribution is 9.10. The molecule has 112 valence electrons. The molecule has 0 fully saturated rings. The standard InChI is InChI=1S/C18H12BrF3/c19-17-8-5-14-9-13(10-15(14)11-17)2-1-12-3-6-16(7-4-12)18(20,21)22/h1-9,11H,10H2/b2-1+. The van der Waals surface area contributed by atoms with Crippen LogP contribution in [0.25, 0.3) is 12.2 Å². The van der Waals surface area contributed by atoms with E-state index in [4.69, 9.17) is 0 Å². The van der Waals surface area contributed by atoms with Crippen molar-refractivity contribution < 1.29 is 13.2 Å². The topological polar surface area (TPSA) is 0 Å². The molecule has 0 N–H and O–H groups in total. The molecule has 3 rings (SSSR count). The fraction of sp³-hybridized carbons (Fsp3) is 0.111. The van der Waals surface area contributed by atoms with Crippen LogP contribution in [0.5, 0.6) is 0 Å². The quantitative estimate of drug-likeness (QED) is 0.601. The van der Waals surface area contributed by atoms with Gasteiger partial charge in [-0.25, -0.2) is 0 Å². The van der Waals surface area contributed by atoms with Gasteiger partial charge in [0.1, 0.15) is 0 Å². The lowest BCUT2D eigenvalue weighted by Gasteiger charge is -2.05. The summed E-state index contributed by atoms with van der Waals surface area (Å²) in [7, 11) is 0. The predicted octanol–water partition coefficient (Wildman–Crippen LogP) is 6.12. The second-order valence-electron chi connectivity index (χ2n) is 5.19. The van der Waals surface area contributed by atoms with Gasteiger partial charge in [0.15, 0.2) is 0 Å². The Bertz CT molecular complexity index is 753. The first kappa shape index (κ1) is 15.1. The Hall–Kier alpha value is -1.81. The third kappa shape index (κ3) is 3.33. The van der Waals surface area contributed by atoms with Crippen LogP contribution in [0.2, 0.25) is 0 Å². The molecule has 0 atom stereocenters. The first-order valence-electron chi connectivity index (χ1n) is 6.76. The van der Waals surface area contributed by atoms with Crippen molar-refractivity contribution in [1.29, 1.82) is 0 Å². The third-order valence-corrected chi connectivity index (χ3v) is 4.06. The molecule has 0 radical (unpaired) electrons. The van der Waals surface area contributed by atoms with Gasteiger partial charge in [0.25, 0.3) is 0 Å². The highest BCUT2D eigenvalue weighted by Crippen LogP contribution is 2.30. The molecule has 2 aromatic rings. The monoisotopic (exact) mass is 364 g/mol. The summed E-state index contributed by atoms with van der Waals surface area (Å²) in [4.78, 5) is 0. The maximum absolute atomic E-state index is 12.5. The van der Waals surface area contributed by atoms with E-state index >= 15 is 0 Å². The van der Waals surface area contributed by atoms with Crippen molar-refractivity contribution in [3.05, 3.63) is 80.8 Å². The maximum atomic E-state index is 12.5. The molecule has 0 saturated carbocycles. The average Bonchev–Trinajstić information content (AvgIpc) is 2.86. The number of rotatable bonds is 2. The van der Waals surface area contributed by atoms with Crippen LogP contribution in [-0.4, -0.2) is 0 Å². The number of hydrogen-bond acceptors (Lipinski definition) is 0. The van der Waals surface area contributed by atoms with Gasteiger partial charge in [-0.2, -0.15) is 13.2 Å². The van der Waals surface area contributed by atoms with Crippen LogP contribution >= 0.6 is 15.9 Å². The van der Waals surface area contributed by atoms with E-state index in [0.29, 0.717) is 0 Å². The highest BCUT2D eigenvalue weighted by Gasteiger charge is 2.29. The predicted molar refractivity (Wildman–Crippen MR) is 86.3 cm³/mol. The van der Waals surface area contributed by atoms with Crippen molar-refractivity contribution in [2.45, 2.75) is 12.6 Å². The van der Waals surface area contributed by atoms with Crippen LogP contribution in [0, 0.1) is 0 Å². The molecule has 2 aromatic carbocycles. The van der Waals surface area contributed by atoms with Crippen molar-refractivity contribution in [2.75, 3.05) is 0 Å². The van der Waals surface area contributed by atoms with E-state index in [-0.39, 0.29) is 0 Å². The van der Waals surface area contributed by atoms with E-state index in [9.17, 15) is 13.2 Å². The summed E-state index contributed by atoms with van der Waals surface area (Å²) < 4.78 is 38.6. The fourth-order valence-electron chi connectivity index (χ4n) is 2.43. The van der Waals surface area contributed by atoms with Gasteiger partial charge in [0.05, 0.1) is 5.56 Å². The molecule has 0 saturated heterocycles. The number of hydrogen-bond donors (Lipinski definition) is 0. The molecule has 4 heteroatoms. The smallest absolute Gasteiger partial charge is 0.166 e. The van der Waals surface area contributed by atoms with Crippen molar-refractivity contribution in [1.82, 2.24) is 0 Å². The molecule has 0 aromatic heterocycles. The molecule has 0 nitrogen and oxygen atoms in total. The number of halogens is 4. The molecule has 0 aliphatic heterocycles. The molecule has 0 bridgehead atoms. The number of alkyl halides is 3. The second-order valence-corrected chi connectivity index (χ2v) is 6.11. The van der Waals surface area contributed by atoms with E-state index in [1.807, 2.05) is 18.2 Å². The first-order chi connectivity index (χ1) is 10.4. The van der Waals surface area contributed by atoms with Crippen LogP contribution in [-0.2, 0) is 12.6 Å². The van der Waals surface area contributed by atoms with Gasteiger partial charge >= 0.3 is 6.18 Å². The molecular formula is C18H12BrF3. The van der Waals surface area contributed by atoms with E-state index < -0.39 is 11.7 Å². The van der Waals surface area contributed by atoms with E-state index in [0.717, 1.165) is 34.2 Å². The van der Waals surface area contributed by atoms with Crippen LogP contribution in [0.1, 0.15) is 22.3 Å². The Labute approximate surface area is 135 Å². The van der Waals surface area contributed by atoms with Crippen LogP contribution < -0.4 is 0 Å². The van der Waals surface area contributed by atoms with Crippen molar-refractivity contribution in [3.8, 4) is 0 Å². The van der Waals surface area contributed by atoms with Gasteiger partial charge in [0.2, 0.25) is 0 Å². The van der Waals surface area contributed by atoms with Gasteiger partial charge in [-0.05, 0) is 52.9 Å². The zero-order valence-corrected chi connectivity index (χ0v) is 13.1. The fourth-order valence-corrected chi connectivity index (χ4v) is 2.84. The lowest BCUT2D eigenvalue weighted by molar-refractivity contribution is -0.137. The van der Waals surface area contributed by atoms with Gasteiger partial charge in [-0.1, -0.05) is 52.4 Å². The summed E-state index contributed by atoms with van der Waals surface area (Å²) in [6, 6.07) is 11.3. The van der Waals surface area contributed by atoms with Crippen molar-refractivity contribution >= 4 is 28.1 Å². The molecular weight excluding hydrogens is 353 g/mol. The zero-order chi connectivity index (χ0) is 15.7. The Kier molecular flexibility index (Phi) is 3.96. The lowest BCUT2D eigenvalue weighted by Crippen LogP contribution is -2.03.